The van der Waals surface area contributed by atoms with E-state index in [0.29, 0.717) is 5.92 Å². The minimum atomic E-state index is -0.920. The van der Waals surface area contributed by atoms with Crippen molar-refractivity contribution in [1.29, 1.82) is 0 Å². The van der Waals surface area contributed by atoms with Gasteiger partial charge in [-0.2, -0.15) is 0 Å². The van der Waals surface area contributed by atoms with Gasteiger partial charge in [-0.15, -0.1) is 11.3 Å². The second-order valence-electron chi connectivity index (χ2n) is 6.31. The van der Waals surface area contributed by atoms with Crippen molar-refractivity contribution in [3.8, 4) is 0 Å². The van der Waals surface area contributed by atoms with Crippen LogP contribution >= 0.6 is 11.3 Å². The first-order valence-corrected chi connectivity index (χ1v) is 8.71. The highest BCUT2D eigenvalue weighted by atomic mass is 32.1. The van der Waals surface area contributed by atoms with Crippen molar-refractivity contribution < 1.29 is 19.4 Å². The first-order valence-electron chi connectivity index (χ1n) is 7.89. The summed E-state index contributed by atoms with van der Waals surface area (Å²) in [5, 5.41) is 10.9. The number of ketones is 1. The van der Waals surface area contributed by atoms with E-state index in [1.54, 1.807) is 6.20 Å². The van der Waals surface area contributed by atoms with E-state index in [0.717, 1.165) is 22.7 Å². The van der Waals surface area contributed by atoms with Gasteiger partial charge in [0.2, 0.25) is 0 Å². The number of rotatable bonds is 7. The average molecular weight is 340 g/mol. The molecular formula is C16H24N2O4S. The predicted octanol–water partition coefficient (Wildman–Crippen LogP) is 2.71. The number of aliphatic hydroxyl groups excluding tert-OH is 1. The van der Waals surface area contributed by atoms with E-state index in [4.69, 9.17) is 4.74 Å². The third kappa shape index (κ3) is 4.51. The standard InChI is InChI=1S/C16H24N2O4S/c1-9(2)15-17-7-13(23-15)8-22-16(21)18(12-5-6-12)14(10(3)19)11(4)20/h7,9-10,12,14,19H,5-6,8H2,1-4H3. The highest BCUT2D eigenvalue weighted by Gasteiger charge is 2.42. The zero-order valence-corrected chi connectivity index (χ0v) is 14.8. The Balaban J connectivity index is 2.02. The largest absolute Gasteiger partial charge is 0.444 e. The molecule has 2 atom stereocenters. The maximum Gasteiger partial charge on any atom is 0.411 e. The van der Waals surface area contributed by atoms with Crippen molar-refractivity contribution >= 4 is 23.2 Å². The maximum atomic E-state index is 12.4. The molecule has 1 aliphatic carbocycles. The molecule has 1 saturated carbocycles. The Labute approximate surface area is 140 Å². The quantitative estimate of drug-likeness (QED) is 0.825. The molecular weight excluding hydrogens is 316 g/mol. The van der Waals surface area contributed by atoms with Crippen LogP contribution in [0.2, 0.25) is 0 Å². The summed E-state index contributed by atoms with van der Waals surface area (Å²) in [6, 6.07) is -0.860. The summed E-state index contributed by atoms with van der Waals surface area (Å²) in [7, 11) is 0. The molecule has 1 aliphatic rings. The molecule has 1 amide bonds. The molecule has 23 heavy (non-hydrogen) atoms. The SMILES string of the molecule is CC(=O)C(C(C)O)N(C(=O)OCc1cnc(C(C)C)s1)C1CC1. The smallest absolute Gasteiger partial charge is 0.411 e. The molecule has 2 rings (SSSR count). The molecule has 0 saturated heterocycles. The number of aliphatic hydroxyl groups is 1. The number of aromatic nitrogens is 1. The maximum absolute atomic E-state index is 12.4. The lowest BCUT2D eigenvalue weighted by molar-refractivity contribution is -0.125. The molecule has 7 heteroatoms. The summed E-state index contributed by atoms with van der Waals surface area (Å²) in [5.74, 6) is 0.105. The molecule has 1 fully saturated rings. The third-order valence-corrected chi connectivity index (χ3v) is 5.00. The zero-order chi connectivity index (χ0) is 17.1. The minimum absolute atomic E-state index is 0.0151. The van der Waals surface area contributed by atoms with Crippen LogP contribution in [-0.2, 0) is 16.1 Å². The molecule has 1 aromatic rings. The van der Waals surface area contributed by atoms with Crippen LogP contribution in [0.4, 0.5) is 4.79 Å². The molecule has 6 nitrogen and oxygen atoms in total. The van der Waals surface area contributed by atoms with Gasteiger partial charge < -0.3 is 9.84 Å². The first-order chi connectivity index (χ1) is 10.8. The van der Waals surface area contributed by atoms with Gasteiger partial charge in [-0.1, -0.05) is 13.8 Å². The van der Waals surface area contributed by atoms with Crippen LogP contribution in [0.3, 0.4) is 0 Å². The van der Waals surface area contributed by atoms with E-state index in [-0.39, 0.29) is 18.4 Å². The number of Topliss-reactive ketones (excluding diaryl/α,β-unsaturated/α-hetero) is 1. The van der Waals surface area contributed by atoms with E-state index >= 15 is 0 Å². The van der Waals surface area contributed by atoms with Crippen LogP contribution in [0.1, 0.15) is 56.3 Å². The average Bonchev–Trinajstić information content (AvgIpc) is 3.17. The van der Waals surface area contributed by atoms with Crippen molar-refractivity contribution in [1.82, 2.24) is 9.88 Å². The minimum Gasteiger partial charge on any atom is -0.444 e. The molecule has 0 aromatic carbocycles. The molecule has 1 heterocycles. The summed E-state index contributed by atoms with van der Waals surface area (Å²) >= 11 is 1.52. The number of thiazole rings is 1. The highest BCUT2D eigenvalue weighted by Crippen LogP contribution is 2.31. The van der Waals surface area contributed by atoms with Gasteiger partial charge in [-0.25, -0.2) is 9.78 Å². The van der Waals surface area contributed by atoms with Crippen LogP contribution in [0.25, 0.3) is 0 Å². The number of nitrogens with zero attached hydrogens (tertiary/aromatic N) is 2. The molecule has 2 unspecified atom stereocenters. The van der Waals surface area contributed by atoms with E-state index < -0.39 is 18.2 Å². The van der Waals surface area contributed by atoms with Crippen LogP contribution in [0.5, 0.6) is 0 Å². The van der Waals surface area contributed by atoms with Crippen molar-refractivity contribution in [2.24, 2.45) is 0 Å². The van der Waals surface area contributed by atoms with Gasteiger partial charge in [0.1, 0.15) is 12.6 Å². The zero-order valence-electron chi connectivity index (χ0n) is 14.0. The number of amides is 1. The molecule has 0 bridgehead atoms. The number of hydrogen-bond acceptors (Lipinski definition) is 6. The number of hydrogen-bond donors (Lipinski definition) is 1. The summed E-state index contributed by atoms with van der Waals surface area (Å²) in [6.07, 6.45) is 1.92. The number of carbonyl (C=O) groups excluding carboxylic acids is 2. The first kappa shape index (κ1) is 17.9. The normalized spacial score (nSPS) is 17.0. The van der Waals surface area contributed by atoms with Gasteiger partial charge in [-0.3, -0.25) is 9.69 Å². The Kier molecular flexibility index (Phi) is 5.75. The Hall–Kier alpha value is -1.47. The summed E-state index contributed by atoms with van der Waals surface area (Å²) in [4.78, 5) is 30.8. The molecule has 128 valence electrons. The van der Waals surface area contributed by atoms with Gasteiger partial charge in [0.25, 0.3) is 0 Å². The van der Waals surface area contributed by atoms with Gasteiger partial charge >= 0.3 is 6.09 Å². The van der Waals surface area contributed by atoms with E-state index in [9.17, 15) is 14.7 Å². The van der Waals surface area contributed by atoms with E-state index in [1.165, 1.54) is 30.1 Å². The molecule has 1 aromatic heterocycles. The lowest BCUT2D eigenvalue weighted by atomic mass is 10.1. The van der Waals surface area contributed by atoms with Crippen LogP contribution in [0.15, 0.2) is 6.20 Å². The van der Waals surface area contributed by atoms with Gasteiger partial charge in [-0.05, 0) is 26.7 Å². The number of carbonyl (C=O) groups is 2. The van der Waals surface area contributed by atoms with Gasteiger partial charge in [0.05, 0.1) is 16.0 Å². The van der Waals surface area contributed by atoms with Crippen molar-refractivity contribution in [2.75, 3.05) is 0 Å². The summed E-state index contributed by atoms with van der Waals surface area (Å²) < 4.78 is 5.36. The van der Waals surface area contributed by atoms with Crippen LogP contribution in [0, 0.1) is 0 Å². The fourth-order valence-corrected chi connectivity index (χ4v) is 3.31. The summed E-state index contributed by atoms with van der Waals surface area (Å²) in [5.41, 5.74) is 0. The monoisotopic (exact) mass is 340 g/mol. The van der Waals surface area contributed by atoms with Crippen molar-refractivity contribution in [2.45, 2.75) is 71.2 Å². The highest BCUT2D eigenvalue weighted by molar-refractivity contribution is 7.11. The Morgan fingerprint density at radius 2 is 2.09 bits per heavy atom. The summed E-state index contributed by atoms with van der Waals surface area (Å²) in [6.45, 7) is 7.16. The third-order valence-electron chi connectivity index (χ3n) is 3.73. The Morgan fingerprint density at radius 3 is 2.52 bits per heavy atom. The second-order valence-corrected chi connectivity index (χ2v) is 7.46. The van der Waals surface area contributed by atoms with E-state index in [2.05, 4.69) is 18.8 Å². The number of ether oxygens (including phenoxy) is 1. The fraction of sp³-hybridized carbons (Fsp3) is 0.688. The Bertz CT molecular complexity index is 566. The van der Waals surface area contributed by atoms with Gasteiger partial charge in [0.15, 0.2) is 5.78 Å². The molecule has 0 spiro atoms. The Morgan fingerprint density at radius 1 is 1.43 bits per heavy atom. The lowest BCUT2D eigenvalue weighted by Crippen LogP contribution is -2.51. The van der Waals surface area contributed by atoms with E-state index in [1.807, 2.05) is 0 Å². The fourth-order valence-electron chi connectivity index (χ4n) is 2.47. The van der Waals surface area contributed by atoms with Crippen LogP contribution in [-0.4, -0.2) is 45.1 Å². The van der Waals surface area contributed by atoms with Gasteiger partial charge in [0, 0.05) is 18.2 Å². The second kappa shape index (κ2) is 7.40. The van der Waals surface area contributed by atoms with Crippen LogP contribution < -0.4 is 0 Å². The molecule has 0 radical (unpaired) electrons. The topological polar surface area (TPSA) is 79.7 Å². The van der Waals surface area contributed by atoms with Crippen molar-refractivity contribution in [3.63, 3.8) is 0 Å². The molecule has 1 N–H and O–H groups in total. The lowest BCUT2D eigenvalue weighted by Gasteiger charge is -2.31. The predicted molar refractivity (Wildman–Crippen MR) is 87.4 cm³/mol. The molecule has 0 aliphatic heterocycles. The van der Waals surface area contributed by atoms with Crippen molar-refractivity contribution in [3.05, 3.63) is 16.1 Å².